The van der Waals surface area contributed by atoms with Gasteiger partial charge in [-0.15, -0.1) is 0 Å². The van der Waals surface area contributed by atoms with Crippen LogP contribution >= 0.6 is 0 Å². The number of nitrogens with zero attached hydrogens (tertiary/aromatic N) is 1. The van der Waals surface area contributed by atoms with Crippen molar-refractivity contribution < 1.29 is 18.3 Å². The fourth-order valence-corrected chi connectivity index (χ4v) is 4.32. The van der Waals surface area contributed by atoms with E-state index < -0.39 is 16.0 Å². The van der Waals surface area contributed by atoms with Gasteiger partial charge in [-0.05, 0) is 37.0 Å². The highest BCUT2D eigenvalue weighted by atomic mass is 32.2. The SMILES string of the molecule is CC(C)(C)C(CCC(=O)O)CCN1CCCCS1(=O)=O. The average molecular weight is 305 g/mol. The number of carbonyl (C=O) groups is 1. The Labute approximate surface area is 122 Å². The number of aliphatic carboxylic acids is 1. The second-order valence-electron chi connectivity index (χ2n) is 6.71. The summed E-state index contributed by atoms with van der Waals surface area (Å²) in [6, 6.07) is 0. The molecule has 20 heavy (non-hydrogen) atoms. The van der Waals surface area contributed by atoms with Crippen molar-refractivity contribution in [1.82, 2.24) is 4.31 Å². The molecular weight excluding hydrogens is 278 g/mol. The molecule has 1 aliphatic heterocycles. The van der Waals surface area contributed by atoms with E-state index in [-0.39, 0.29) is 23.5 Å². The normalized spacial score (nSPS) is 21.6. The van der Waals surface area contributed by atoms with Crippen molar-refractivity contribution in [3.8, 4) is 0 Å². The van der Waals surface area contributed by atoms with Crippen LogP contribution in [0.3, 0.4) is 0 Å². The molecular formula is C14H27NO4S. The number of carboxylic acid groups (broad SMARTS) is 1. The summed E-state index contributed by atoms with van der Waals surface area (Å²) in [6.45, 7) is 7.39. The molecule has 0 aromatic heterocycles. The Kier molecular flexibility index (Phi) is 6.01. The van der Waals surface area contributed by atoms with E-state index in [4.69, 9.17) is 5.11 Å². The van der Waals surface area contributed by atoms with Crippen LogP contribution in [0.5, 0.6) is 0 Å². The first kappa shape index (κ1) is 17.4. The molecule has 118 valence electrons. The number of hydrogen-bond donors (Lipinski definition) is 1. The Morgan fingerprint density at radius 3 is 2.40 bits per heavy atom. The van der Waals surface area contributed by atoms with Gasteiger partial charge in [-0.25, -0.2) is 12.7 Å². The van der Waals surface area contributed by atoms with Crippen molar-refractivity contribution in [2.24, 2.45) is 11.3 Å². The number of sulfonamides is 1. The van der Waals surface area contributed by atoms with Crippen LogP contribution in [0.25, 0.3) is 0 Å². The maximum atomic E-state index is 11.9. The minimum atomic E-state index is -3.08. The average Bonchev–Trinajstić information content (AvgIpc) is 2.28. The van der Waals surface area contributed by atoms with E-state index in [1.807, 2.05) is 0 Å². The summed E-state index contributed by atoms with van der Waals surface area (Å²) in [4.78, 5) is 10.7. The predicted octanol–water partition coefficient (Wildman–Crippen LogP) is 2.33. The smallest absolute Gasteiger partial charge is 0.303 e. The third-order valence-corrected chi connectivity index (χ3v) is 6.07. The van der Waals surface area contributed by atoms with Crippen molar-refractivity contribution in [2.75, 3.05) is 18.8 Å². The van der Waals surface area contributed by atoms with Crippen LogP contribution in [-0.2, 0) is 14.8 Å². The summed E-state index contributed by atoms with van der Waals surface area (Å²) in [7, 11) is -3.08. The van der Waals surface area contributed by atoms with Crippen LogP contribution < -0.4 is 0 Å². The monoisotopic (exact) mass is 305 g/mol. The fourth-order valence-electron chi connectivity index (χ4n) is 2.70. The Bertz CT molecular complexity index is 425. The van der Waals surface area contributed by atoms with Gasteiger partial charge in [0, 0.05) is 19.5 Å². The minimum Gasteiger partial charge on any atom is -0.481 e. The lowest BCUT2D eigenvalue weighted by molar-refractivity contribution is -0.137. The van der Waals surface area contributed by atoms with Crippen molar-refractivity contribution in [2.45, 2.75) is 52.9 Å². The molecule has 1 heterocycles. The quantitative estimate of drug-likeness (QED) is 0.817. The van der Waals surface area contributed by atoms with E-state index in [0.29, 0.717) is 19.5 Å². The standard InChI is InChI=1S/C14H27NO4S/c1-14(2,3)12(6-7-13(16)17)8-10-15-9-4-5-11-20(15,18)19/h12H,4-11H2,1-3H3,(H,16,17). The van der Waals surface area contributed by atoms with Crippen molar-refractivity contribution in [3.05, 3.63) is 0 Å². The molecule has 0 radical (unpaired) electrons. The molecule has 0 bridgehead atoms. The van der Waals surface area contributed by atoms with Crippen molar-refractivity contribution >= 4 is 16.0 Å². The van der Waals surface area contributed by atoms with Crippen LogP contribution in [0.4, 0.5) is 0 Å². The Morgan fingerprint density at radius 2 is 1.90 bits per heavy atom. The topological polar surface area (TPSA) is 74.7 Å². The van der Waals surface area contributed by atoms with Gasteiger partial charge in [-0.1, -0.05) is 20.8 Å². The molecule has 1 aliphatic rings. The van der Waals surface area contributed by atoms with E-state index >= 15 is 0 Å². The van der Waals surface area contributed by atoms with Gasteiger partial charge in [0.2, 0.25) is 10.0 Å². The molecule has 0 amide bonds. The predicted molar refractivity (Wildman–Crippen MR) is 79.0 cm³/mol. The Hall–Kier alpha value is -0.620. The first-order chi connectivity index (χ1) is 9.13. The highest BCUT2D eigenvalue weighted by Gasteiger charge is 2.29. The van der Waals surface area contributed by atoms with Gasteiger partial charge in [0.05, 0.1) is 5.75 Å². The van der Waals surface area contributed by atoms with Crippen LogP contribution in [-0.4, -0.2) is 42.6 Å². The van der Waals surface area contributed by atoms with Gasteiger partial charge in [0.1, 0.15) is 0 Å². The summed E-state index contributed by atoms with van der Waals surface area (Å²) in [5.74, 6) is -0.317. The van der Waals surface area contributed by atoms with Crippen molar-refractivity contribution in [3.63, 3.8) is 0 Å². The zero-order valence-corrected chi connectivity index (χ0v) is 13.6. The number of hydrogen-bond acceptors (Lipinski definition) is 3. The van der Waals surface area contributed by atoms with E-state index in [0.717, 1.165) is 19.3 Å². The van der Waals surface area contributed by atoms with Crippen LogP contribution in [0.15, 0.2) is 0 Å². The van der Waals surface area contributed by atoms with Crippen LogP contribution in [0.2, 0.25) is 0 Å². The molecule has 1 fully saturated rings. The van der Waals surface area contributed by atoms with Gasteiger partial charge in [-0.3, -0.25) is 4.79 Å². The third kappa shape index (κ3) is 5.40. The lowest BCUT2D eigenvalue weighted by atomic mass is 9.76. The highest BCUT2D eigenvalue weighted by molar-refractivity contribution is 7.89. The zero-order chi connectivity index (χ0) is 15.4. The van der Waals surface area contributed by atoms with E-state index in [2.05, 4.69) is 20.8 Å². The summed E-state index contributed by atoms with van der Waals surface area (Å²) in [5, 5.41) is 8.82. The molecule has 0 aliphatic carbocycles. The maximum Gasteiger partial charge on any atom is 0.303 e. The molecule has 6 heteroatoms. The molecule has 5 nitrogen and oxygen atoms in total. The zero-order valence-electron chi connectivity index (χ0n) is 12.8. The first-order valence-corrected chi connectivity index (χ1v) is 8.93. The highest BCUT2D eigenvalue weighted by Crippen LogP contribution is 2.33. The molecule has 0 spiro atoms. The van der Waals surface area contributed by atoms with Crippen LogP contribution in [0.1, 0.15) is 52.9 Å². The van der Waals surface area contributed by atoms with E-state index in [9.17, 15) is 13.2 Å². The Balaban J connectivity index is 2.59. The second-order valence-corrected chi connectivity index (χ2v) is 8.79. The van der Waals surface area contributed by atoms with Gasteiger partial charge in [0.15, 0.2) is 0 Å². The Morgan fingerprint density at radius 1 is 1.25 bits per heavy atom. The lowest BCUT2D eigenvalue weighted by Gasteiger charge is -2.33. The van der Waals surface area contributed by atoms with E-state index in [1.165, 1.54) is 0 Å². The lowest BCUT2D eigenvalue weighted by Crippen LogP contribution is -2.39. The third-order valence-electron chi connectivity index (χ3n) is 4.11. The summed E-state index contributed by atoms with van der Waals surface area (Å²) >= 11 is 0. The molecule has 0 saturated carbocycles. The number of carboxylic acids is 1. The van der Waals surface area contributed by atoms with Crippen LogP contribution in [0, 0.1) is 11.3 Å². The van der Waals surface area contributed by atoms with Gasteiger partial charge in [-0.2, -0.15) is 0 Å². The molecule has 1 unspecified atom stereocenters. The molecule has 1 saturated heterocycles. The second kappa shape index (κ2) is 6.89. The van der Waals surface area contributed by atoms with Gasteiger partial charge >= 0.3 is 5.97 Å². The molecule has 0 aromatic carbocycles. The first-order valence-electron chi connectivity index (χ1n) is 7.32. The number of rotatable bonds is 6. The molecule has 1 N–H and O–H groups in total. The summed E-state index contributed by atoms with van der Waals surface area (Å²) in [5.41, 5.74) is -0.00496. The van der Waals surface area contributed by atoms with Crippen molar-refractivity contribution in [1.29, 1.82) is 0 Å². The minimum absolute atomic E-state index is 0.00496. The largest absolute Gasteiger partial charge is 0.481 e. The molecule has 0 aromatic rings. The summed E-state index contributed by atoms with van der Waals surface area (Å²) in [6.07, 6.45) is 3.16. The molecule has 1 atom stereocenters. The van der Waals surface area contributed by atoms with E-state index in [1.54, 1.807) is 4.31 Å². The van der Waals surface area contributed by atoms with Gasteiger partial charge in [0.25, 0.3) is 0 Å². The summed E-state index contributed by atoms with van der Waals surface area (Å²) < 4.78 is 25.5. The fraction of sp³-hybridized carbons (Fsp3) is 0.929. The maximum absolute atomic E-state index is 11.9. The van der Waals surface area contributed by atoms with Gasteiger partial charge < -0.3 is 5.11 Å². The molecule has 1 rings (SSSR count).